The molecule has 19 heavy (non-hydrogen) atoms. The molecule has 0 aromatic carbocycles. The minimum absolute atomic E-state index is 0.355. The Labute approximate surface area is 117 Å². The highest BCUT2D eigenvalue weighted by atomic mass is 16.2. The fourth-order valence-corrected chi connectivity index (χ4v) is 3.83. The Morgan fingerprint density at radius 1 is 1.05 bits per heavy atom. The molecule has 0 atom stereocenters. The van der Waals surface area contributed by atoms with Crippen LogP contribution in [0, 0.1) is 17.8 Å². The summed E-state index contributed by atoms with van der Waals surface area (Å²) in [5.74, 6) is 2.56. The van der Waals surface area contributed by atoms with Crippen LogP contribution in [0.1, 0.15) is 46.0 Å². The summed E-state index contributed by atoms with van der Waals surface area (Å²) in [6.07, 6.45) is 6.19. The SMILES string of the molecule is CC(C)C1CCN(C2CC(C(=O)N3CCC3)C2)CC1. The Hall–Kier alpha value is -0.570. The van der Waals surface area contributed by atoms with Crippen LogP contribution in [-0.4, -0.2) is 47.9 Å². The second-order valence-corrected chi connectivity index (χ2v) is 7.12. The van der Waals surface area contributed by atoms with Gasteiger partial charge < -0.3 is 9.80 Å². The van der Waals surface area contributed by atoms with Gasteiger partial charge in [-0.3, -0.25) is 4.79 Å². The molecule has 0 aromatic heterocycles. The number of rotatable bonds is 3. The van der Waals surface area contributed by atoms with E-state index in [2.05, 4.69) is 18.7 Å². The maximum atomic E-state index is 12.1. The summed E-state index contributed by atoms with van der Waals surface area (Å²) in [5.41, 5.74) is 0. The highest BCUT2D eigenvalue weighted by Crippen LogP contribution is 2.36. The Balaban J connectivity index is 1.40. The maximum Gasteiger partial charge on any atom is 0.225 e. The number of hydrogen-bond acceptors (Lipinski definition) is 2. The van der Waals surface area contributed by atoms with Gasteiger partial charge in [-0.05, 0) is 57.0 Å². The molecule has 108 valence electrons. The number of piperidine rings is 1. The molecule has 2 saturated heterocycles. The largest absolute Gasteiger partial charge is 0.342 e. The van der Waals surface area contributed by atoms with Gasteiger partial charge in [-0.1, -0.05) is 13.8 Å². The van der Waals surface area contributed by atoms with Crippen molar-refractivity contribution in [1.82, 2.24) is 9.80 Å². The number of amides is 1. The lowest BCUT2D eigenvalue weighted by atomic mass is 9.76. The lowest BCUT2D eigenvalue weighted by molar-refractivity contribution is -0.144. The van der Waals surface area contributed by atoms with E-state index in [0.29, 0.717) is 17.9 Å². The van der Waals surface area contributed by atoms with Crippen LogP contribution in [0.2, 0.25) is 0 Å². The van der Waals surface area contributed by atoms with E-state index in [0.717, 1.165) is 37.8 Å². The molecule has 2 heterocycles. The van der Waals surface area contributed by atoms with Crippen LogP contribution in [0.3, 0.4) is 0 Å². The average molecular weight is 264 g/mol. The first kappa shape index (κ1) is 13.4. The number of carbonyl (C=O) groups is 1. The molecule has 2 aliphatic heterocycles. The fourth-order valence-electron chi connectivity index (χ4n) is 3.83. The third-order valence-corrected chi connectivity index (χ3v) is 5.66. The van der Waals surface area contributed by atoms with Crippen LogP contribution < -0.4 is 0 Å². The van der Waals surface area contributed by atoms with Crippen LogP contribution in [0.15, 0.2) is 0 Å². The van der Waals surface area contributed by atoms with Crippen molar-refractivity contribution in [3.63, 3.8) is 0 Å². The summed E-state index contributed by atoms with van der Waals surface area (Å²) in [6, 6.07) is 0.711. The van der Waals surface area contributed by atoms with Gasteiger partial charge in [0.15, 0.2) is 0 Å². The number of likely N-dealkylation sites (tertiary alicyclic amines) is 2. The van der Waals surface area contributed by atoms with E-state index in [1.807, 2.05) is 4.90 Å². The molecule has 3 rings (SSSR count). The van der Waals surface area contributed by atoms with Gasteiger partial charge >= 0.3 is 0 Å². The summed E-state index contributed by atoms with van der Waals surface area (Å²) in [4.78, 5) is 16.8. The summed E-state index contributed by atoms with van der Waals surface area (Å²) in [7, 11) is 0. The number of hydrogen-bond donors (Lipinski definition) is 0. The topological polar surface area (TPSA) is 23.6 Å². The molecule has 1 saturated carbocycles. The van der Waals surface area contributed by atoms with E-state index in [-0.39, 0.29) is 0 Å². The lowest BCUT2D eigenvalue weighted by Gasteiger charge is -2.47. The molecule has 1 aliphatic carbocycles. The van der Waals surface area contributed by atoms with E-state index in [9.17, 15) is 4.79 Å². The van der Waals surface area contributed by atoms with Gasteiger partial charge in [0.2, 0.25) is 5.91 Å². The van der Waals surface area contributed by atoms with Crippen molar-refractivity contribution < 1.29 is 4.79 Å². The maximum absolute atomic E-state index is 12.1. The summed E-state index contributed by atoms with van der Waals surface area (Å²) in [6.45, 7) is 9.26. The van der Waals surface area contributed by atoms with E-state index >= 15 is 0 Å². The van der Waals surface area contributed by atoms with Crippen LogP contribution in [0.5, 0.6) is 0 Å². The monoisotopic (exact) mass is 264 g/mol. The van der Waals surface area contributed by atoms with Crippen molar-refractivity contribution in [2.45, 2.75) is 52.0 Å². The minimum atomic E-state index is 0.355. The van der Waals surface area contributed by atoms with Gasteiger partial charge in [0.25, 0.3) is 0 Å². The minimum Gasteiger partial charge on any atom is -0.342 e. The van der Waals surface area contributed by atoms with Crippen LogP contribution in [0.4, 0.5) is 0 Å². The third kappa shape index (κ3) is 2.67. The fraction of sp³-hybridized carbons (Fsp3) is 0.938. The third-order valence-electron chi connectivity index (χ3n) is 5.66. The molecule has 0 spiro atoms. The average Bonchev–Trinajstić information content (AvgIpc) is 2.25. The molecule has 0 radical (unpaired) electrons. The quantitative estimate of drug-likeness (QED) is 0.781. The normalized spacial score (nSPS) is 33.1. The van der Waals surface area contributed by atoms with Gasteiger partial charge in [0, 0.05) is 25.0 Å². The summed E-state index contributed by atoms with van der Waals surface area (Å²) in [5, 5.41) is 0. The molecular weight excluding hydrogens is 236 g/mol. The van der Waals surface area contributed by atoms with Crippen molar-refractivity contribution in [2.24, 2.45) is 17.8 Å². The summed E-state index contributed by atoms with van der Waals surface area (Å²) < 4.78 is 0. The molecule has 0 aromatic rings. The number of nitrogens with zero attached hydrogens (tertiary/aromatic N) is 2. The zero-order valence-electron chi connectivity index (χ0n) is 12.5. The van der Waals surface area contributed by atoms with Crippen molar-refractivity contribution in [3.8, 4) is 0 Å². The molecular formula is C16H28N2O. The van der Waals surface area contributed by atoms with Gasteiger partial charge in [0.1, 0.15) is 0 Å². The predicted molar refractivity (Wildman–Crippen MR) is 76.8 cm³/mol. The highest BCUT2D eigenvalue weighted by Gasteiger charge is 2.41. The zero-order chi connectivity index (χ0) is 13.4. The Kier molecular flexibility index (Phi) is 3.84. The smallest absolute Gasteiger partial charge is 0.225 e. The standard InChI is InChI=1S/C16H28N2O/c1-12(2)13-4-8-17(9-5-13)15-10-14(11-15)16(19)18-6-3-7-18/h12-15H,3-11H2,1-2H3. The second kappa shape index (κ2) is 5.43. The molecule has 0 N–H and O–H groups in total. The molecule has 3 nitrogen and oxygen atoms in total. The van der Waals surface area contributed by atoms with Crippen LogP contribution >= 0.6 is 0 Å². The van der Waals surface area contributed by atoms with E-state index in [1.165, 1.54) is 32.4 Å². The van der Waals surface area contributed by atoms with E-state index < -0.39 is 0 Å². The highest BCUT2D eigenvalue weighted by molar-refractivity contribution is 5.80. The van der Waals surface area contributed by atoms with Crippen molar-refractivity contribution >= 4 is 5.91 Å². The first-order valence-electron chi connectivity index (χ1n) is 8.18. The van der Waals surface area contributed by atoms with Crippen molar-refractivity contribution in [3.05, 3.63) is 0 Å². The van der Waals surface area contributed by atoms with E-state index in [1.54, 1.807) is 0 Å². The molecule has 3 heteroatoms. The predicted octanol–water partition coefficient (Wildman–Crippen LogP) is 2.37. The molecule has 3 fully saturated rings. The summed E-state index contributed by atoms with van der Waals surface area (Å²) >= 11 is 0. The van der Waals surface area contributed by atoms with Gasteiger partial charge in [-0.25, -0.2) is 0 Å². The first-order valence-corrected chi connectivity index (χ1v) is 8.18. The molecule has 0 unspecified atom stereocenters. The van der Waals surface area contributed by atoms with Gasteiger partial charge in [-0.15, -0.1) is 0 Å². The molecule has 0 bridgehead atoms. The van der Waals surface area contributed by atoms with Crippen molar-refractivity contribution in [1.29, 1.82) is 0 Å². The number of carbonyl (C=O) groups excluding carboxylic acids is 1. The Morgan fingerprint density at radius 2 is 1.68 bits per heavy atom. The Morgan fingerprint density at radius 3 is 2.16 bits per heavy atom. The zero-order valence-corrected chi connectivity index (χ0v) is 12.5. The lowest BCUT2D eigenvalue weighted by Crippen LogP contribution is -2.54. The van der Waals surface area contributed by atoms with Gasteiger partial charge in [-0.2, -0.15) is 0 Å². The van der Waals surface area contributed by atoms with Crippen molar-refractivity contribution in [2.75, 3.05) is 26.2 Å². The van der Waals surface area contributed by atoms with Crippen LogP contribution in [0.25, 0.3) is 0 Å². The molecule has 3 aliphatic rings. The molecule has 1 amide bonds. The first-order chi connectivity index (χ1) is 9.15. The van der Waals surface area contributed by atoms with E-state index in [4.69, 9.17) is 0 Å². The van der Waals surface area contributed by atoms with Gasteiger partial charge in [0.05, 0.1) is 0 Å². The second-order valence-electron chi connectivity index (χ2n) is 7.12. The van der Waals surface area contributed by atoms with Crippen LogP contribution in [-0.2, 0) is 4.79 Å². The Bertz CT molecular complexity index is 324.